The predicted octanol–water partition coefficient (Wildman–Crippen LogP) is 2.12. The maximum absolute atomic E-state index is 12.3. The van der Waals surface area contributed by atoms with Crippen LogP contribution in [0, 0.1) is 3.70 Å². The van der Waals surface area contributed by atoms with Crippen LogP contribution in [0.4, 0.5) is 8.78 Å². The van der Waals surface area contributed by atoms with E-state index in [1.165, 1.54) is 12.3 Å². The van der Waals surface area contributed by atoms with Gasteiger partial charge < -0.3 is 5.11 Å². The summed E-state index contributed by atoms with van der Waals surface area (Å²) < 4.78 is 24.9. The van der Waals surface area contributed by atoms with Crippen LogP contribution in [0.5, 0.6) is 0 Å². The Morgan fingerprint density at radius 2 is 2.25 bits per heavy atom. The molecule has 0 atom stereocenters. The molecule has 0 saturated carbocycles. The summed E-state index contributed by atoms with van der Waals surface area (Å²) in [6.07, 6.45) is -1.24. The zero-order valence-corrected chi connectivity index (χ0v) is 8.12. The quantitative estimate of drug-likeness (QED) is 0.667. The Bertz CT molecular complexity index is 280. The van der Waals surface area contributed by atoms with Gasteiger partial charge in [0.05, 0.1) is 6.61 Å². The van der Waals surface area contributed by atoms with Crippen molar-refractivity contribution in [2.45, 2.75) is 13.0 Å². The minimum absolute atomic E-state index is 0.142. The molecule has 1 rings (SSSR count). The molecule has 0 amide bonds. The summed E-state index contributed by atoms with van der Waals surface area (Å²) in [6, 6.07) is 1.22. The fourth-order valence-corrected chi connectivity index (χ4v) is 1.48. The van der Waals surface area contributed by atoms with Crippen LogP contribution in [0.1, 0.15) is 17.6 Å². The third-order valence-corrected chi connectivity index (χ3v) is 2.36. The van der Waals surface area contributed by atoms with E-state index in [1.807, 2.05) is 22.6 Å². The maximum Gasteiger partial charge on any atom is 0.264 e. The topological polar surface area (TPSA) is 33.1 Å². The number of aromatic nitrogens is 1. The lowest BCUT2D eigenvalue weighted by atomic mass is 10.1. The van der Waals surface area contributed by atoms with Gasteiger partial charge in [-0.25, -0.2) is 13.8 Å². The smallest absolute Gasteiger partial charge is 0.264 e. The molecule has 12 heavy (non-hydrogen) atoms. The highest BCUT2D eigenvalue weighted by atomic mass is 127. The van der Waals surface area contributed by atoms with Gasteiger partial charge >= 0.3 is 0 Å². The molecule has 1 aromatic heterocycles. The molecule has 5 heteroatoms. The van der Waals surface area contributed by atoms with Crippen LogP contribution in [-0.4, -0.2) is 10.1 Å². The van der Waals surface area contributed by atoms with Crippen molar-refractivity contribution in [2.24, 2.45) is 0 Å². The largest absolute Gasteiger partial charge is 0.392 e. The van der Waals surface area contributed by atoms with Crippen molar-refractivity contribution in [1.29, 1.82) is 0 Å². The zero-order valence-electron chi connectivity index (χ0n) is 5.97. The number of aliphatic hydroxyl groups excluding tert-OH is 1. The number of alkyl halides is 2. The average Bonchev–Trinajstić information content (AvgIpc) is 2.03. The normalized spacial score (nSPS) is 10.8. The van der Waals surface area contributed by atoms with E-state index in [1.54, 1.807) is 0 Å². The fraction of sp³-hybridized carbons (Fsp3) is 0.286. The lowest BCUT2D eigenvalue weighted by Crippen LogP contribution is -1.99. The number of rotatable bonds is 2. The zero-order chi connectivity index (χ0) is 9.14. The first-order valence-electron chi connectivity index (χ1n) is 3.19. The summed E-state index contributed by atoms with van der Waals surface area (Å²) in [4.78, 5) is 3.79. The standard InChI is InChI=1S/C7H6F2INO/c8-6(9)4-1-2-11-7(10)5(4)3-12/h1-2,6,12H,3H2. The third kappa shape index (κ3) is 1.89. The Labute approximate surface area is 81.8 Å². The lowest BCUT2D eigenvalue weighted by molar-refractivity contribution is 0.146. The van der Waals surface area contributed by atoms with Gasteiger partial charge in [0, 0.05) is 17.3 Å². The Morgan fingerprint density at radius 1 is 1.58 bits per heavy atom. The molecule has 0 radical (unpaired) electrons. The second-order valence-electron chi connectivity index (χ2n) is 2.13. The number of nitrogens with zero attached hydrogens (tertiary/aromatic N) is 1. The third-order valence-electron chi connectivity index (χ3n) is 1.43. The van der Waals surface area contributed by atoms with E-state index in [-0.39, 0.29) is 11.1 Å². The van der Waals surface area contributed by atoms with Gasteiger partial charge in [0.25, 0.3) is 6.43 Å². The molecule has 66 valence electrons. The van der Waals surface area contributed by atoms with Crippen LogP contribution >= 0.6 is 22.6 Å². The van der Waals surface area contributed by atoms with Gasteiger partial charge in [-0.1, -0.05) is 0 Å². The number of pyridine rings is 1. The van der Waals surface area contributed by atoms with Crippen LogP contribution in [0.3, 0.4) is 0 Å². The van der Waals surface area contributed by atoms with Crippen LogP contribution in [-0.2, 0) is 6.61 Å². The first-order chi connectivity index (χ1) is 5.66. The summed E-state index contributed by atoms with van der Waals surface area (Å²) in [7, 11) is 0. The molecule has 0 aromatic carbocycles. The molecule has 2 nitrogen and oxygen atoms in total. The van der Waals surface area contributed by atoms with Crippen molar-refractivity contribution >= 4 is 22.6 Å². The summed E-state index contributed by atoms with van der Waals surface area (Å²) in [5.41, 5.74) is 0.0741. The Hall–Kier alpha value is -0.300. The highest BCUT2D eigenvalue weighted by molar-refractivity contribution is 14.1. The van der Waals surface area contributed by atoms with Crippen molar-refractivity contribution < 1.29 is 13.9 Å². The van der Waals surface area contributed by atoms with Crippen molar-refractivity contribution in [3.63, 3.8) is 0 Å². The number of halogens is 3. The Morgan fingerprint density at radius 3 is 2.67 bits per heavy atom. The molecule has 0 saturated heterocycles. The fourth-order valence-electron chi connectivity index (χ4n) is 0.842. The van der Waals surface area contributed by atoms with Crippen LogP contribution < -0.4 is 0 Å². The van der Waals surface area contributed by atoms with E-state index in [0.717, 1.165) is 0 Å². The second kappa shape index (κ2) is 4.08. The van der Waals surface area contributed by atoms with E-state index in [4.69, 9.17) is 5.11 Å². The van der Waals surface area contributed by atoms with Gasteiger partial charge in [0.15, 0.2) is 0 Å². The van der Waals surface area contributed by atoms with E-state index in [2.05, 4.69) is 4.98 Å². The van der Waals surface area contributed by atoms with Crippen molar-refractivity contribution in [2.75, 3.05) is 0 Å². The van der Waals surface area contributed by atoms with Gasteiger partial charge in [-0.15, -0.1) is 0 Å². The second-order valence-corrected chi connectivity index (χ2v) is 3.15. The molecular formula is C7H6F2INO. The first-order valence-corrected chi connectivity index (χ1v) is 4.27. The number of aliphatic hydroxyl groups is 1. The number of hydrogen-bond donors (Lipinski definition) is 1. The molecule has 0 fully saturated rings. The molecular weight excluding hydrogens is 279 g/mol. The molecule has 0 bridgehead atoms. The minimum Gasteiger partial charge on any atom is -0.392 e. The Kier molecular flexibility index (Phi) is 3.33. The molecule has 1 N–H and O–H groups in total. The average molecular weight is 285 g/mol. The molecule has 1 heterocycles. The van der Waals surface area contributed by atoms with Crippen molar-refractivity contribution in [3.8, 4) is 0 Å². The summed E-state index contributed by atoms with van der Waals surface area (Å²) in [6.45, 7) is -0.397. The van der Waals surface area contributed by atoms with Gasteiger partial charge in [0.2, 0.25) is 0 Å². The van der Waals surface area contributed by atoms with Crippen LogP contribution in [0.2, 0.25) is 0 Å². The molecule has 0 unspecified atom stereocenters. The Balaban J connectivity index is 3.18. The minimum atomic E-state index is -2.55. The van der Waals surface area contributed by atoms with Crippen molar-refractivity contribution in [1.82, 2.24) is 4.98 Å². The van der Waals surface area contributed by atoms with E-state index >= 15 is 0 Å². The SMILES string of the molecule is OCc1c(C(F)F)ccnc1I. The maximum atomic E-state index is 12.3. The highest BCUT2D eigenvalue weighted by Gasteiger charge is 2.14. The van der Waals surface area contributed by atoms with E-state index in [9.17, 15) is 8.78 Å². The van der Waals surface area contributed by atoms with E-state index < -0.39 is 13.0 Å². The summed E-state index contributed by atoms with van der Waals surface area (Å²) in [5.74, 6) is 0. The molecule has 0 aliphatic carbocycles. The van der Waals surface area contributed by atoms with Gasteiger partial charge in [-0.2, -0.15) is 0 Å². The predicted molar refractivity (Wildman–Crippen MR) is 47.8 cm³/mol. The van der Waals surface area contributed by atoms with Crippen LogP contribution in [0.15, 0.2) is 12.3 Å². The monoisotopic (exact) mass is 285 g/mol. The van der Waals surface area contributed by atoms with Crippen molar-refractivity contribution in [3.05, 3.63) is 27.1 Å². The molecule has 1 aromatic rings. The van der Waals surface area contributed by atoms with Gasteiger partial charge in [-0.3, -0.25) is 0 Å². The molecule has 0 aliphatic heterocycles. The molecule has 0 spiro atoms. The van der Waals surface area contributed by atoms with Gasteiger partial charge in [0.1, 0.15) is 3.70 Å². The number of hydrogen-bond acceptors (Lipinski definition) is 2. The molecule has 0 aliphatic rings. The summed E-state index contributed by atoms with van der Waals surface area (Å²) in [5, 5.41) is 8.77. The first kappa shape index (κ1) is 9.79. The highest BCUT2D eigenvalue weighted by Crippen LogP contribution is 2.24. The lowest BCUT2D eigenvalue weighted by Gasteiger charge is -2.06. The van der Waals surface area contributed by atoms with Crippen LogP contribution in [0.25, 0.3) is 0 Å². The van der Waals surface area contributed by atoms with E-state index in [0.29, 0.717) is 3.70 Å². The van der Waals surface area contributed by atoms with Gasteiger partial charge in [-0.05, 0) is 28.7 Å². The summed E-state index contributed by atoms with van der Waals surface area (Å²) >= 11 is 1.81.